The van der Waals surface area contributed by atoms with E-state index in [9.17, 15) is 8.78 Å². The molecule has 1 heterocycles. The lowest BCUT2D eigenvalue weighted by atomic mass is 10.3. The van der Waals surface area contributed by atoms with Crippen LogP contribution in [0.3, 0.4) is 0 Å². The summed E-state index contributed by atoms with van der Waals surface area (Å²) in [6.07, 6.45) is 1.59. The Kier molecular flexibility index (Phi) is 4.41. The Hall–Kier alpha value is -2.28. The number of benzene rings is 1. The van der Waals surface area contributed by atoms with Crippen molar-refractivity contribution >= 4 is 17.5 Å². The van der Waals surface area contributed by atoms with Crippen LogP contribution in [0.1, 0.15) is 5.56 Å². The zero-order valence-corrected chi connectivity index (χ0v) is 10.8. The van der Waals surface area contributed by atoms with Crippen LogP contribution in [0, 0.1) is 18.6 Å². The van der Waals surface area contributed by atoms with Gasteiger partial charge < -0.3 is 15.7 Å². The average molecular weight is 280 g/mol. The van der Waals surface area contributed by atoms with Gasteiger partial charge in [-0.3, -0.25) is 0 Å². The second kappa shape index (κ2) is 6.25. The standard InChI is InChI=1S/C13H14F2N4O/c1-8-7-17-13(19-12(8)16-4-5-20)18-9-2-3-10(14)11(15)6-9/h2-3,6-7,20H,4-5H2,1H3,(H2,16,17,18,19). The zero-order chi connectivity index (χ0) is 14.5. The van der Waals surface area contributed by atoms with Crippen LogP contribution < -0.4 is 10.6 Å². The third-order valence-electron chi connectivity index (χ3n) is 2.55. The van der Waals surface area contributed by atoms with E-state index in [2.05, 4.69) is 20.6 Å². The summed E-state index contributed by atoms with van der Waals surface area (Å²) in [5.74, 6) is -1.03. The van der Waals surface area contributed by atoms with E-state index in [0.717, 1.165) is 17.7 Å². The molecule has 1 aromatic heterocycles. The predicted octanol–water partition coefficient (Wildman–Crippen LogP) is 2.21. The molecule has 0 atom stereocenters. The van der Waals surface area contributed by atoms with Crippen molar-refractivity contribution in [2.45, 2.75) is 6.92 Å². The van der Waals surface area contributed by atoms with Crippen molar-refractivity contribution in [1.29, 1.82) is 0 Å². The second-order valence-corrected chi connectivity index (χ2v) is 4.13. The summed E-state index contributed by atoms with van der Waals surface area (Å²) in [7, 11) is 0. The maximum atomic E-state index is 13.1. The lowest BCUT2D eigenvalue weighted by molar-refractivity contribution is 0.311. The maximum absolute atomic E-state index is 13.1. The molecule has 1 aromatic carbocycles. The Balaban J connectivity index is 2.18. The normalized spacial score (nSPS) is 10.4. The molecule has 0 saturated heterocycles. The SMILES string of the molecule is Cc1cnc(Nc2ccc(F)c(F)c2)nc1NCCO. The van der Waals surface area contributed by atoms with Gasteiger partial charge in [-0.25, -0.2) is 13.8 Å². The molecule has 106 valence electrons. The van der Waals surface area contributed by atoms with Gasteiger partial charge >= 0.3 is 0 Å². The van der Waals surface area contributed by atoms with Gasteiger partial charge in [-0.2, -0.15) is 4.98 Å². The predicted molar refractivity (Wildman–Crippen MR) is 72.0 cm³/mol. The first-order valence-corrected chi connectivity index (χ1v) is 6.00. The summed E-state index contributed by atoms with van der Waals surface area (Å²) in [6.45, 7) is 2.17. The van der Waals surface area contributed by atoms with Crippen molar-refractivity contribution in [1.82, 2.24) is 9.97 Å². The van der Waals surface area contributed by atoms with Crippen molar-refractivity contribution in [3.05, 3.63) is 41.6 Å². The number of nitrogens with one attached hydrogen (secondary N) is 2. The minimum Gasteiger partial charge on any atom is -0.395 e. The molecule has 2 aromatic rings. The minimum atomic E-state index is -0.944. The molecule has 3 N–H and O–H groups in total. The quantitative estimate of drug-likeness (QED) is 0.783. The molecule has 7 heteroatoms. The number of aliphatic hydroxyl groups excluding tert-OH is 1. The highest BCUT2D eigenvalue weighted by atomic mass is 19.2. The number of halogens is 2. The highest BCUT2D eigenvalue weighted by Crippen LogP contribution is 2.18. The lowest BCUT2D eigenvalue weighted by Crippen LogP contribution is -2.10. The Morgan fingerprint density at radius 2 is 2.05 bits per heavy atom. The van der Waals surface area contributed by atoms with E-state index in [1.54, 1.807) is 6.20 Å². The largest absolute Gasteiger partial charge is 0.395 e. The fraction of sp³-hybridized carbons (Fsp3) is 0.231. The zero-order valence-electron chi connectivity index (χ0n) is 10.8. The lowest BCUT2D eigenvalue weighted by Gasteiger charge is -2.10. The molecule has 0 bridgehead atoms. The number of aliphatic hydroxyl groups is 1. The van der Waals surface area contributed by atoms with Gasteiger partial charge in [-0.15, -0.1) is 0 Å². The number of aromatic nitrogens is 2. The molecule has 0 amide bonds. The molecule has 2 rings (SSSR count). The topological polar surface area (TPSA) is 70.1 Å². The molecule has 0 unspecified atom stereocenters. The average Bonchev–Trinajstić information content (AvgIpc) is 2.43. The van der Waals surface area contributed by atoms with Gasteiger partial charge in [0, 0.05) is 30.1 Å². The van der Waals surface area contributed by atoms with Crippen molar-refractivity contribution in [2.24, 2.45) is 0 Å². The third-order valence-corrected chi connectivity index (χ3v) is 2.55. The van der Waals surface area contributed by atoms with Crippen LogP contribution in [0.15, 0.2) is 24.4 Å². The van der Waals surface area contributed by atoms with E-state index < -0.39 is 11.6 Å². The summed E-state index contributed by atoms with van der Waals surface area (Å²) in [6, 6.07) is 3.44. The van der Waals surface area contributed by atoms with Crippen LogP contribution in [0.2, 0.25) is 0 Å². The molecule has 0 aliphatic rings. The number of aryl methyl sites for hydroxylation is 1. The van der Waals surface area contributed by atoms with Gasteiger partial charge in [0.1, 0.15) is 5.82 Å². The van der Waals surface area contributed by atoms with Gasteiger partial charge in [-0.05, 0) is 19.1 Å². The van der Waals surface area contributed by atoms with Crippen LogP contribution in [0.4, 0.5) is 26.2 Å². The van der Waals surface area contributed by atoms with Crippen molar-refractivity contribution in [3.63, 3.8) is 0 Å². The van der Waals surface area contributed by atoms with Crippen molar-refractivity contribution in [3.8, 4) is 0 Å². The van der Waals surface area contributed by atoms with Crippen LogP contribution in [0.25, 0.3) is 0 Å². The molecular formula is C13H14F2N4O. The van der Waals surface area contributed by atoms with Crippen molar-refractivity contribution in [2.75, 3.05) is 23.8 Å². The van der Waals surface area contributed by atoms with Gasteiger partial charge in [0.05, 0.1) is 6.61 Å². The van der Waals surface area contributed by atoms with Gasteiger partial charge in [0.15, 0.2) is 11.6 Å². The monoisotopic (exact) mass is 280 g/mol. The maximum Gasteiger partial charge on any atom is 0.229 e. The van der Waals surface area contributed by atoms with Crippen LogP contribution in [-0.4, -0.2) is 28.2 Å². The summed E-state index contributed by atoms with van der Waals surface area (Å²) in [5, 5.41) is 14.5. The van der Waals surface area contributed by atoms with E-state index >= 15 is 0 Å². The van der Waals surface area contributed by atoms with Crippen molar-refractivity contribution < 1.29 is 13.9 Å². The van der Waals surface area contributed by atoms with Gasteiger partial charge in [0.25, 0.3) is 0 Å². The number of hydrogen-bond donors (Lipinski definition) is 3. The van der Waals surface area contributed by atoms with Crippen LogP contribution in [-0.2, 0) is 0 Å². The smallest absolute Gasteiger partial charge is 0.229 e. The Labute approximate surface area is 114 Å². The number of anilines is 3. The summed E-state index contributed by atoms with van der Waals surface area (Å²) in [4.78, 5) is 8.25. The van der Waals surface area contributed by atoms with Gasteiger partial charge in [0.2, 0.25) is 5.95 Å². The fourth-order valence-corrected chi connectivity index (χ4v) is 1.56. The molecule has 0 aliphatic heterocycles. The molecule has 0 fully saturated rings. The van der Waals surface area contributed by atoms with E-state index in [1.165, 1.54) is 6.07 Å². The minimum absolute atomic E-state index is 0.0185. The Morgan fingerprint density at radius 1 is 1.25 bits per heavy atom. The second-order valence-electron chi connectivity index (χ2n) is 4.13. The first kappa shape index (κ1) is 14.1. The van der Waals surface area contributed by atoms with E-state index in [-0.39, 0.29) is 12.6 Å². The summed E-state index contributed by atoms with van der Waals surface area (Å²) < 4.78 is 25.9. The summed E-state index contributed by atoms with van der Waals surface area (Å²) in [5.41, 5.74) is 1.16. The van der Waals surface area contributed by atoms with E-state index in [4.69, 9.17) is 5.11 Å². The molecule has 0 saturated carbocycles. The molecule has 0 aliphatic carbocycles. The Morgan fingerprint density at radius 3 is 2.75 bits per heavy atom. The number of nitrogens with zero attached hydrogens (tertiary/aromatic N) is 2. The molecule has 0 spiro atoms. The van der Waals surface area contributed by atoms with Crippen LogP contribution in [0.5, 0.6) is 0 Å². The molecule has 0 radical (unpaired) electrons. The number of hydrogen-bond acceptors (Lipinski definition) is 5. The third kappa shape index (κ3) is 3.39. The molecule has 5 nitrogen and oxygen atoms in total. The molecular weight excluding hydrogens is 266 g/mol. The van der Waals surface area contributed by atoms with Gasteiger partial charge in [-0.1, -0.05) is 0 Å². The Bertz CT molecular complexity index is 607. The van der Waals surface area contributed by atoms with Crippen LogP contribution >= 0.6 is 0 Å². The summed E-state index contributed by atoms with van der Waals surface area (Å²) >= 11 is 0. The van der Waals surface area contributed by atoms with E-state index in [1.807, 2.05) is 6.92 Å². The first-order valence-electron chi connectivity index (χ1n) is 6.00. The highest BCUT2D eigenvalue weighted by Gasteiger charge is 2.06. The first-order chi connectivity index (χ1) is 9.60. The fourth-order valence-electron chi connectivity index (χ4n) is 1.56. The van der Waals surface area contributed by atoms with E-state index in [0.29, 0.717) is 18.1 Å². The highest BCUT2D eigenvalue weighted by molar-refractivity contribution is 5.56. The number of rotatable bonds is 5. The molecule has 20 heavy (non-hydrogen) atoms.